The molecule has 0 amide bonds. The third-order valence-corrected chi connectivity index (χ3v) is 3.01. The monoisotopic (exact) mass is 327 g/mol. The van der Waals surface area contributed by atoms with E-state index in [1.165, 1.54) is 0 Å². The van der Waals surface area contributed by atoms with E-state index in [-0.39, 0.29) is 0 Å². The highest BCUT2D eigenvalue weighted by Gasteiger charge is 2.05. The van der Waals surface area contributed by atoms with Gasteiger partial charge in [-0.25, -0.2) is 4.98 Å². The number of nitrogens with one attached hydrogen (secondary N) is 1. The van der Waals surface area contributed by atoms with Crippen molar-refractivity contribution in [1.29, 1.82) is 0 Å². The van der Waals surface area contributed by atoms with Gasteiger partial charge in [-0.1, -0.05) is 11.6 Å². The Bertz CT molecular complexity index is 551. The number of pyridine rings is 2. The van der Waals surface area contributed by atoms with Crippen molar-refractivity contribution in [2.45, 2.75) is 6.61 Å². The van der Waals surface area contributed by atoms with Gasteiger partial charge in [-0.15, -0.1) is 0 Å². The zero-order valence-electron chi connectivity index (χ0n) is 9.65. The fourth-order valence-electron chi connectivity index (χ4n) is 1.35. The third-order valence-electron chi connectivity index (χ3n) is 2.23. The Morgan fingerprint density at radius 1 is 1.39 bits per heavy atom. The van der Waals surface area contributed by atoms with Gasteiger partial charge in [0.2, 0.25) is 0 Å². The summed E-state index contributed by atoms with van der Waals surface area (Å²) in [4.78, 5) is 8.34. The molecule has 2 heterocycles. The van der Waals surface area contributed by atoms with Crippen molar-refractivity contribution in [3.8, 4) is 5.75 Å². The van der Waals surface area contributed by atoms with E-state index in [9.17, 15) is 0 Å². The Kier molecular flexibility index (Phi) is 4.38. The van der Waals surface area contributed by atoms with E-state index in [4.69, 9.17) is 16.3 Å². The second kappa shape index (κ2) is 6.02. The van der Waals surface area contributed by atoms with Crippen LogP contribution in [0.25, 0.3) is 0 Å². The Hall–Kier alpha value is -1.33. The quantitative estimate of drug-likeness (QED) is 0.933. The number of ether oxygens (including phenoxy) is 1. The van der Waals surface area contributed by atoms with Crippen molar-refractivity contribution >= 4 is 33.3 Å². The summed E-state index contributed by atoms with van der Waals surface area (Å²) in [5.41, 5.74) is 0.684. The summed E-state index contributed by atoms with van der Waals surface area (Å²) in [5, 5.41) is 3.54. The molecule has 0 radical (unpaired) electrons. The molecule has 0 aliphatic rings. The Morgan fingerprint density at radius 2 is 2.22 bits per heavy atom. The maximum absolute atomic E-state index is 6.06. The highest BCUT2D eigenvalue weighted by molar-refractivity contribution is 9.10. The van der Waals surface area contributed by atoms with E-state index in [0.717, 1.165) is 10.3 Å². The van der Waals surface area contributed by atoms with Gasteiger partial charge in [0.25, 0.3) is 0 Å². The van der Waals surface area contributed by atoms with E-state index in [1.807, 2.05) is 12.1 Å². The van der Waals surface area contributed by atoms with E-state index < -0.39 is 0 Å². The number of hydrogen-bond donors (Lipinski definition) is 1. The normalized spacial score (nSPS) is 10.2. The van der Waals surface area contributed by atoms with E-state index in [1.54, 1.807) is 25.5 Å². The average Bonchev–Trinajstić information content (AvgIpc) is 2.38. The van der Waals surface area contributed by atoms with Crippen LogP contribution in [0.1, 0.15) is 5.69 Å². The molecule has 0 atom stereocenters. The molecule has 1 N–H and O–H groups in total. The van der Waals surface area contributed by atoms with Crippen LogP contribution < -0.4 is 10.1 Å². The standard InChI is InChI=1S/C12H11BrClN3O/c1-15-12-3-2-10(14)11(17-12)7-18-9-4-8(13)5-16-6-9/h2-6H,7H2,1H3,(H,15,17). The van der Waals surface area contributed by atoms with Gasteiger partial charge in [0.1, 0.15) is 18.2 Å². The van der Waals surface area contributed by atoms with Crippen LogP contribution in [-0.2, 0) is 6.61 Å². The van der Waals surface area contributed by atoms with E-state index in [2.05, 4.69) is 31.2 Å². The lowest BCUT2D eigenvalue weighted by Gasteiger charge is -2.08. The van der Waals surface area contributed by atoms with Crippen molar-refractivity contribution in [2.75, 3.05) is 12.4 Å². The largest absolute Gasteiger partial charge is 0.486 e. The molecule has 0 spiro atoms. The minimum absolute atomic E-state index is 0.298. The summed E-state index contributed by atoms with van der Waals surface area (Å²) in [6, 6.07) is 5.44. The van der Waals surface area contributed by atoms with Crippen LogP contribution in [-0.4, -0.2) is 17.0 Å². The molecule has 0 unspecified atom stereocenters. The summed E-state index contributed by atoms with van der Waals surface area (Å²) in [6.45, 7) is 0.298. The fourth-order valence-corrected chi connectivity index (χ4v) is 1.85. The molecular weight excluding hydrogens is 318 g/mol. The van der Waals surface area contributed by atoms with Crippen LogP contribution in [0, 0.1) is 0 Å². The lowest BCUT2D eigenvalue weighted by molar-refractivity contribution is 0.300. The van der Waals surface area contributed by atoms with Gasteiger partial charge < -0.3 is 10.1 Å². The van der Waals surface area contributed by atoms with Crippen LogP contribution in [0.5, 0.6) is 5.75 Å². The Balaban J connectivity index is 2.10. The summed E-state index contributed by atoms with van der Waals surface area (Å²) in [7, 11) is 1.80. The van der Waals surface area contributed by atoms with E-state index in [0.29, 0.717) is 23.1 Å². The highest BCUT2D eigenvalue weighted by Crippen LogP contribution is 2.20. The first kappa shape index (κ1) is 13.1. The first-order valence-electron chi connectivity index (χ1n) is 5.25. The molecular formula is C12H11BrClN3O. The summed E-state index contributed by atoms with van der Waals surface area (Å²) >= 11 is 9.39. The fraction of sp³-hybridized carbons (Fsp3) is 0.167. The number of hydrogen-bond acceptors (Lipinski definition) is 4. The zero-order chi connectivity index (χ0) is 13.0. The molecule has 0 bridgehead atoms. The lowest BCUT2D eigenvalue weighted by atomic mass is 10.3. The third kappa shape index (κ3) is 3.34. The predicted molar refractivity (Wildman–Crippen MR) is 75.1 cm³/mol. The molecule has 2 aromatic heterocycles. The zero-order valence-corrected chi connectivity index (χ0v) is 12.0. The molecule has 2 rings (SSSR count). The molecule has 0 aliphatic heterocycles. The van der Waals surface area contributed by atoms with Gasteiger partial charge in [-0.3, -0.25) is 4.98 Å². The summed E-state index contributed by atoms with van der Waals surface area (Å²) in [5.74, 6) is 1.42. The molecule has 0 aromatic carbocycles. The second-order valence-corrected chi connectivity index (χ2v) is 4.83. The number of anilines is 1. The second-order valence-electron chi connectivity index (χ2n) is 3.50. The van der Waals surface area contributed by atoms with Gasteiger partial charge in [-0.2, -0.15) is 0 Å². The van der Waals surface area contributed by atoms with Crippen LogP contribution in [0.4, 0.5) is 5.82 Å². The van der Waals surface area contributed by atoms with Gasteiger partial charge in [0.15, 0.2) is 0 Å². The van der Waals surface area contributed by atoms with Crippen molar-refractivity contribution in [2.24, 2.45) is 0 Å². The lowest BCUT2D eigenvalue weighted by Crippen LogP contribution is -2.02. The first-order valence-corrected chi connectivity index (χ1v) is 6.42. The SMILES string of the molecule is CNc1ccc(Cl)c(COc2cncc(Br)c2)n1. The smallest absolute Gasteiger partial charge is 0.139 e. The summed E-state index contributed by atoms with van der Waals surface area (Å²) < 4.78 is 6.45. The minimum Gasteiger partial charge on any atom is -0.486 e. The molecule has 18 heavy (non-hydrogen) atoms. The molecule has 0 fully saturated rings. The van der Waals surface area contributed by atoms with Gasteiger partial charge in [0, 0.05) is 17.7 Å². The van der Waals surface area contributed by atoms with Crippen molar-refractivity contribution in [3.05, 3.63) is 45.8 Å². The first-order chi connectivity index (χ1) is 8.69. The van der Waals surface area contributed by atoms with Crippen LogP contribution in [0.2, 0.25) is 5.02 Å². The molecule has 0 saturated carbocycles. The maximum Gasteiger partial charge on any atom is 0.139 e. The Morgan fingerprint density at radius 3 is 2.94 bits per heavy atom. The average molecular weight is 329 g/mol. The molecule has 4 nitrogen and oxygen atoms in total. The van der Waals surface area contributed by atoms with Gasteiger partial charge in [0.05, 0.1) is 16.9 Å². The predicted octanol–water partition coefficient (Wildman–Crippen LogP) is 3.51. The summed E-state index contributed by atoms with van der Waals surface area (Å²) in [6.07, 6.45) is 3.33. The van der Waals surface area contributed by atoms with Crippen molar-refractivity contribution < 1.29 is 4.74 Å². The number of rotatable bonds is 4. The topological polar surface area (TPSA) is 47.0 Å². The molecule has 2 aromatic rings. The van der Waals surface area contributed by atoms with Crippen LogP contribution >= 0.6 is 27.5 Å². The molecule has 6 heteroatoms. The van der Waals surface area contributed by atoms with Gasteiger partial charge >= 0.3 is 0 Å². The number of aromatic nitrogens is 2. The Labute approximate surface area is 118 Å². The van der Waals surface area contributed by atoms with E-state index >= 15 is 0 Å². The molecule has 0 saturated heterocycles. The minimum atomic E-state index is 0.298. The van der Waals surface area contributed by atoms with Crippen LogP contribution in [0.3, 0.4) is 0 Å². The highest BCUT2D eigenvalue weighted by atomic mass is 79.9. The van der Waals surface area contributed by atoms with Gasteiger partial charge in [-0.05, 0) is 34.1 Å². The van der Waals surface area contributed by atoms with Crippen molar-refractivity contribution in [1.82, 2.24) is 9.97 Å². The number of halogens is 2. The van der Waals surface area contributed by atoms with Crippen LogP contribution in [0.15, 0.2) is 35.1 Å². The molecule has 94 valence electrons. The molecule has 0 aliphatic carbocycles. The maximum atomic E-state index is 6.06. The number of nitrogens with zero attached hydrogens (tertiary/aromatic N) is 2. The van der Waals surface area contributed by atoms with Crippen molar-refractivity contribution in [3.63, 3.8) is 0 Å².